The Morgan fingerprint density at radius 2 is 1.73 bits per heavy atom. The molecule has 3 aromatic carbocycles. The lowest BCUT2D eigenvalue weighted by molar-refractivity contribution is -0.137. The standard InChI is InChI=1S/C27H20ClF3N4O2/c28-20-11-7-18(8-12-20)25-23(37-26(34-25)35-16-33-21-3-1-2-4-22(21)35)13-14-24(36)32-15-17-5-9-19(10-6-17)27(29,30)31/h1-12,16H,13-15H2,(H,32,36). The molecule has 5 rings (SSSR count). The Bertz CT molecular complexity index is 1540. The maximum absolute atomic E-state index is 12.7. The van der Waals surface area contributed by atoms with Gasteiger partial charge in [0.2, 0.25) is 5.91 Å². The lowest BCUT2D eigenvalue weighted by Gasteiger charge is -2.08. The molecular formula is C27H20ClF3N4O2. The van der Waals surface area contributed by atoms with Gasteiger partial charge in [-0.1, -0.05) is 48.0 Å². The molecule has 0 saturated carbocycles. The van der Waals surface area contributed by atoms with Gasteiger partial charge in [0.15, 0.2) is 0 Å². The van der Waals surface area contributed by atoms with Crippen molar-refractivity contribution in [2.75, 3.05) is 0 Å². The molecule has 2 aromatic heterocycles. The van der Waals surface area contributed by atoms with Gasteiger partial charge in [-0.25, -0.2) is 4.98 Å². The lowest BCUT2D eigenvalue weighted by Crippen LogP contribution is -2.23. The van der Waals surface area contributed by atoms with Gasteiger partial charge in [0.1, 0.15) is 17.8 Å². The molecule has 37 heavy (non-hydrogen) atoms. The second kappa shape index (κ2) is 10.1. The van der Waals surface area contributed by atoms with Crippen LogP contribution >= 0.6 is 11.6 Å². The Balaban J connectivity index is 1.33. The summed E-state index contributed by atoms with van der Waals surface area (Å²) < 4.78 is 46.1. The van der Waals surface area contributed by atoms with E-state index < -0.39 is 11.7 Å². The molecule has 5 aromatic rings. The summed E-state index contributed by atoms with van der Waals surface area (Å²) in [6.45, 7) is 0.115. The summed E-state index contributed by atoms with van der Waals surface area (Å²) >= 11 is 6.04. The normalized spacial score (nSPS) is 11.7. The zero-order chi connectivity index (χ0) is 26.0. The van der Waals surface area contributed by atoms with Gasteiger partial charge in [0.25, 0.3) is 0 Å². The molecule has 0 spiro atoms. The summed E-state index contributed by atoms with van der Waals surface area (Å²) in [6, 6.07) is 19.7. The average molecular weight is 525 g/mol. The van der Waals surface area contributed by atoms with Crippen molar-refractivity contribution in [1.29, 1.82) is 0 Å². The van der Waals surface area contributed by atoms with E-state index in [0.717, 1.165) is 28.7 Å². The Morgan fingerprint density at radius 3 is 2.46 bits per heavy atom. The highest BCUT2D eigenvalue weighted by Crippen LogP contribution is 2.30. The number of hydrogen-bond acceptors (Lipinski definition) is 4. The Morgan fingerprint density at radius 1 is 1.00 bits per heavy atom. The minimum atomic E-state index is -4.40. The SMILES string of the molecule is O=C(CCc1oc(-n2cnc3ccccc32)nc1-c1ccc(Cl)cc1)NCc1ccc(C(F)(F)F)cc1. The number of carbonyl (C=O) groups excluding carboxylic acids is 1. The third-order valence-corrected chi connectivity index (χ3v) is 6.07. The second-order valence-corrected chi connectivity index (χ2v) is 8.79. The number of amides is 1. The summed E-state index contributed by atoms with van der Waals surface area (Å²) in [5.74, 6) is 0.243. The van der Waals surface area contributed by atoms with E-state index in [4.69, 9.17) is 21.0 Å². The lowest BCUT2D eigenvalue weighted by atomic mass is 10.1. The summed E-state index contributed by atoms with van der Waals surface area (Å²) in [7, 11) is 0. The number of carbonyl (C=O) groups is 1. The van der Waals surface area contributed by atoms with Gasteiger partial charge in [0.05, 0.1) is 16.6 Å². The van der Waals surface area contributed by atoms with Crippen LogP contribution in [0.1, 0.15) is 23.3 Å². The number of imidazole rings is 1. The van der Waals surface area contributed by atoms with Crippen molar-refractivity contribution < 1.29 is 22.4 Å². The fraction of sp³-hybridized carbons (Fsp3) is 0.148. The predicted octanol–water partition coefficient (Wildman–Crippen LogP) is 6.60. The summed E-state index contributed by atoms with van der Waals surface area (Å²) in [5.41, 5.74) is 2.82. The van der Waals surface area contributed by atoms with Crippen LogP contribution in [-0.2, 0) is 23.9 Å². The fourth-order valence-corrected chi connectivity index (χ4v) is 4.01. The number of alkyl halides is 3. The van der Waals surface area contributed by atoms with Gasteiger partial charge in [0, 0.05) is 30.0 Å². The topological polar surface area (TPSA) is 73.0 Å². The number of hydrogen-bond donors (Lipinski definition) is 1. The Hall–Kier alpha value is -4.11. The predicted molar refractivity (Wildman–Crippen MR) is 133 cm³/mol. The van der Waals surface area contributed by atoms with E-state index in [9.17, 15) is 18.0 Å². The van der Waals surface area contributed by atoms with E-state index in [1.807, 2.05) is 36.4 Å². The molecule has 0 aliphatic rings. The Labute approximate surface area is 214 Å². The maximum atomic E-state index is 12.7. The minimum absolute atomic E-state index is 0.0978. The van der Waals surface area contributed by atoms with Crippen LogP contribution in [0, 0.1) is 0 Å². The van der Waals surface area contributed by atoms with E-state index in [2.05, 4.69) is 10.3 Å². The molecule has 0 bridgehead atoms. The number of para-hydroxylation sites is 2. The third kappa shape index (κ3) is 5.51. The molecule has 188 valence electrons. The summed E-state index contributed by atoms with van der Waals surface area (Å²) in [6.07, 6.45) is -2.41. The molecule has 0 saturated heterocycles. The van der Waals surface area contributed by atoms with Crippen LogP contribution in [0.2, 0.25) is 5.02 Å². The molecule has 0 radical (unpaired) electrons. The number of nitrogens with one attached hydrogen (secondary N) is 1. The van der Waals surface area contributed by atoms with Crippen molar-refractivity contribution in [3.63, 3.8) is 0 Å². The van der Waals surface area contributed by atoms with Crippen molar-refractivity contribution in [3.8, 4) is 17.3 Å². The van der Waals surface area contributed by atoms with E-state index in [1.54, 1.807) is 23.0 Å². The summed E-state index contributed by atoms with van der Waals surface area (Å²) in [5, 5.41) is 3.32. The molecule has 0 aliphatic carbocycles. The third-order valence-electron chi connectivity index (χ3n) is 5.81. The number of nitrogens with zero attached hydrogens (tertiary/aromatic N) is 3. The van der Waals surface area contributed by atoms with Crippen LogP contribution in [0.5, 0.6) is 0 Å². The van der Waals surface area contributed by atoms with Gasteiger partial charge >= 0.3 is 12.2 Å². The van der Waals surface area contributed by atoms with Crippen molar-refractivity contribution in [3.05, 3.63) is 101 Å². The van der Waals surface area contributed by atoms with Gasteiger partial charge in [-0.3, -0.25) is 9.36 Å². The van der Waals surface area contributed by atoms with Crippen molar-refractivity contribution in [1.82, 2.24) is 19.9 Å². The average Bonchev–Trinajstić information content (AvgIpc) is 3.51. The zero-order valence-electron chi connectivity index (χ0n) is 19.3. The summed E-state index contributed by atoms with van der Waals surface area (Å²) in [4.78, 5) is 21.6. The van der Waals surface area contributed by atoms with Crippen LogP contribution in [0.15, 0.2) is 83.5 Å². The van der Waals surface area contributed by atoms with Gasteiger partial charge < -0.3 is 9.73 Å². The maximum Gasteiger partial charge on any atom is 0.416 e. The van der Waals surface area contributed by atoms with Gasteiger partial charge in [-0.2, -0.15) is 18.2 Å². The molecular weight excluding hydrogens is 505 g/mol. The molecule has 2 heterocycles. The Kier molecular flexibility index (Phi) is 6.71. The van der Waals surface area contributed by atoms with Crippen LogP contribution in [0.3, 0.4) is 0 Å². The number of rotatable bonds is 7. The highest BCUT2D eigenvalue weighted by atomic mass is 35.5. The van der Waals surface area contributed by atoms with Crippen LogP contribution in [-0.4, -0.2) is 20.4 Å². The molecule has 10 heteroatoms. The molecule has 1 N–H and O–H groups in total. The molecule has 6 nitrogen and oxygen atoms in total. The first-order chi connectivity index (χ1) is 17.8. The zero-order valence-corrected chi connectivity index (χ0v) is 20.1. The monoisotopic (exact) mass is 524 g/mol. The van der Waals surface area contributed by atoms with Crippen LogP contribution in [0.4, 0.5) is 13.2 Å². The minimum Gasteiger partial charge on any atom is -0.427 e. The van der Waals surface area contributed by atoms with E-state index >= 15 is 0 Å². The van der Waals surface area contributed by atoms with Crippen molar-refractivity contribution in [2.24, 2.45) is 0 Å². The first-order valence-electron chi connectivity index (χ1n) is 11.4. The highest BCUT2D eigenvalue weighted by molar-refractivity contribution is 6.30. The largest absolute Gasteiger partial charge is 0.427 e. The molecule has 0 atom stereocenters. The molecule has 1 amide bonds. The van der Waals surface area contributed by atoms with E-state index in [-0.39, 0.29) is 25.3 Å². The van der Waals surface area contributed by atoms with E-state index in [0.29, 0.717) is 28.1 Å². The fourth-order valence-electron chi connectivity index (χ4n) is 3.88. The van der Waals surface area contributed by atoms with Gasteiger partial charge in [-0.15, -0.1) is 0 Å². The number of fused-ring (bicyclic) bond motifs is 1. The van der Waals surface area contributed by atoms with Crippen molar-refractivity contribution >= 4 is 28.5 Å². The second-order valence-electron chi connectivity index (χ2n) is 8.35. The van der Waals surface area contributed by atoms with Crippen molar-refractivity contribution in [2.45, 2.75) is 25.6 Å². The first-order valence-corrected chi connectivity index (χ1v) is 11.8. The number of halogens is 4. The number of oxazole rings is 1. The van der Waals surface area contributed by atoms with E-state index in [1.165, 1.54) is 12.1 Å². The smallest absolute Gasteiger partial charge is 0.416 e. The highest BCUT2D eigenvalue weighted by Gasteiger charge is 2.29. The first kappa shape index (κ1) is 24.6. The van der Waals surface area contributed by atoms with Gasteiger partial charge in [-0.05, 0) is 42.0 Å². The quantitative estimate of drug-likeness (QED) is 0.260. The number of aromatic nitrogens is 3. The number of benzene rings is 3. The molecule has 0 unspecified atom stereocenters. The molecule has 0 fully saturated rings. The number of aryl methyl sites for hydroxylation is 1. The van der Waals surface area contributed by atoms with Crippen LogP contribution in [0.25, 0.3) is 28.3 Å². The molecule has 0 aliphatic heterocycles. The van der Waals surface area contributed by atoms with Crippen LogP contribution < -0.4 is 5.32 Å².